The summed E-state index contributed by atoms with van der Waals surface area (Å²) in [4.78, 5) is 4.99. The molecular formula is C15H12N2O2S. The molecule has 0 aliphatic carbocycles. The van der Waals surface area contributed by atoms with E-state index in [2.05, 4.69) is 4.99 Å². The van der Waals surface area contributed by atoms with Crippen LogP contribution in [0.5, 0.6) is 0 Å². The van der Waals surface area contributed by atoms with Gasteiger partial charge in [0, 0.05) is 5.56 Å². The fraction of sp³-hybridized carbons (Fsp3) is 0.133. The minimum Gasteiger partial charge on any atom is -0.257 e. The lowest BCUT2D eigenvalue weighted by atomic mass is 10.1. The first kappa shape index (κ1) is 11.7. The summed E-state index contributed by atoms with van der Waals surface area (Å²) in [5.41, 5.74) is 1.76. The van der Waals surface area contributed by atoms with Crippen LogP contribution in [0.25, 0.3) is 0 Å². The van der Waals surface area contributed by atoms with Gasteiger partial charge in [0.2, 0.25) is 0 Å². The molecule has 0 fully saturated rings. The zero-order valence-electron chi connectivity index (χ0n) is 10.6. The summed E-state index contributed by atoms with van der Waals surface area (Å²) in [5.74, 6) is 0.578. The largest absolute Gasteiger partial charge is 0.266 e. The fourth-order valence-corrected chi connectivity index (χ4v) is 4.40. The quantitative estimate of drug-likeness (QED) is 0.806. The van der Waals surface area contributed by atoms with Crippen LogP contribution in [0, 0.1) is 0 Å². The number of rotatable bonds is 1. The van der Waals surface area contributed by atoms with E-state index in [1.807, 2.05) is 42.5 Å². The summed E-state index contributed by atoms with van der Waals surface area (Å²) in [6, 6.07) is 16.7. The molecule has 0 spiro atoms. The molecule has 2 heterocycles. The minimum atomic E-state index is -3.42. The van der Waals surface area contributed by atoms with Crippen molar-refractivity contribution in [1.29, 1.82) is 0 Å². The van der Waals surface area contributed by atoms with Crippen molar-refractivity contribution in [2.45, 2.75) is 10.9 Å². The van der Waals surface area contributed by atoms with Gasteiger partial charge in [-0.15, -0.1) is 0 Å². The second kappa shape index (κ2) is 3.93. The van der Waals surface area contributed by atoms with Gasteiger partial charge in [0.15, 0.2) is 0 Å². The highest BCUT2D eigenvalue weighted by atomic mass is 32.2. The highest BCUT2D eigenvalue weighted by Crippen LogP contribution is 2.38. The van der Waals surface area contributed by atoms with Crippen molar-refractivity contribution in [2.75, 3.05) is 6.54 Å². The molecule has 4 nitrogen and oxygen atoms in total. The summed E-state index contributed by atoms with van der Waals surface area (Å²) < 4.78 is 26.4. The third-order valence-electron chi connectivity index (χ3n) is 3.73. The van der Waals surface area contributed by atoms with Gasteiger partial charge in [-0.1, -0.05) is 42.5 Å². The van der Waals surface area contributed by atoms with Crippen LogP contribution in [0.15, 0.2) is 64.5 Å². The Morgan fingerprint density at radius 1 is 1.00 bits per heavy atom. The molecule has 2 aliphatic rings. The van der Waals surface area contributed by atoms with Crippen LogP contribution in [0.1, 0.15) is 17.2 Å². The predicted molar refractivity (Wildman–Crippen MR) is 76.1 cm³/mol. The Labute approximate surface area is 117 Å². The molecule has 0 amide bonds. The summed E-state index contributed by atoms with van der Waals surface area (Å²) in [6.07, 6.45) is 0. The van der Waals surface area contributed by atoms with Gasteiger partial charge in [-0.3, -0.25) is 4.99 Å². The lowest BCUT2D eigenvalue weighted by molar-refractivity contribution is 0.526. The number of nitrogens with zero attached hydrogens (tertiary/aromatic N) is 2. The summed E-state index contributed by atoms with van der Waals surface area (Å²) >= 11 is 0. The number of hydrogen-bond donors (Lipinski definition) is 0. The molecule has 0 N–H and O–H groups in total. The van der Waals surface area contributed by atoms with Gasteiger partial charge in [0.1, 0.15) is 5.84 Å². The molecule has 0 aromatic heterocycles. The van der Waals surface area contributed by atoms with Crippen LogP contribution < -0.4 is 0 Å². The third kappa shape index (κ3) is 1.47. The van der Waals surface area contributed by atoms with E-state index < -0.39 is 10.0 Å². The van der Waals surface area contributed by atoms with Crippen molar-refractivity contribution in [1.82, 2.24) is 4.31 Å². The van der Waals surface area contributed by atoms with E-state index >= 15 is 0 Å². The van der Waals surface area contributed by atoms with Crippen molar-refractivity contribution in [3.63, 3.8) is 0 Å². The summed E-state index contributed by atoms with van der Waals surface area (Å²) in [5, 5.41) is 0. The molecule has 20 heavy (non-hydrogen) atoms. The number of sulfonamides is 1. The Balaban J connectivity index is 1.86. The Kier molecular flexibility index (Phi) is 2.29. The van der Waals surface area contributed by atoms with E-state index in [0.29, 0.717) is 22.8 Å². The molecule has 1 atom stereocenters. The fourth-order valence-electron chi connectivity index (χ4n) is 2.76. The van der Waals surface area contributed by atoms with E-state index in [1.165, 1.54) is 4.31 Å². The van der Waals surface area contributed by atoms with Crippen molar-refractivity contribution < 1.29 is 8.42 Å². The second-order valence-corrected chi connectivity index (χ2v) is 6.74. The molecule has 2 aliphatic heterocycles. The summed E-state index contributed by atoms with van der Waals surface area (Å²) in [7, 11) is -3.42. The molecule has 0 radical (unpaired) electrons. The number of amidine groups is 1. The molecule has 5 heteroatoms. The first-order valence-corrected chi connectivity index (χ1v) is 7.87. The normalized spacial score (nSPS) is 22.3. The van der Waals surface area contributed by atoms with Crippen LogP contribution in [0.4, 0.5) is 0 Å². The maximum atomic E-state index is 12.5. The average molecular weight is 284 g/mol. The maximum absolute atomic E-state index is 12.5. The van der Waals surface area contributed by atoms with Crippen LogP contribution >= 0.6 is 0 Å². The maximum Gasteiger partial charge on any atom is 0.266 e. The zero-order valence-corrected chi connectivity index (χ0v) is 11.4. The molecule has 1 unspecified atom stereocenters. The van der Waals surface area contributed by atoms with E-state index in [-0.39, 0.29) is 6.04 Å². The van der Waals surface area contributed by atoms with Gasteiger partial charge < -0.3 is 0 Å². The zero-order chi connectivity index (χ0) is 13.7. The van der Waals surface area contributed by atoms with Gasteiger partial charge >= 0.3 is 0 Å². The third-order valence-corrected chi connectivity index (χ3v) is 5.55. The Morgan fingerprint density at radius 2 is 1.70 bits per heavy atom. The lowest BCUT2D eigenvalue weighted by Gasteiger charge is -2.13. The van der Waals surface area contributed by atoms with E-state index in [1.54, 1.807) is 12.1 Å². The van der Waals surface area contributed by atoms with Gasteiger partial charge in [-0.2, -0.15) is 0 Å². The van der Waals surface area contributed by atoms with Gasteiger partial charge in [-0.25, -0.2) is 12.7 Å². The Bertz CT molecular complexity index is 813. The number of hydrogen-bond acceptors (Lipinski definition) is 3. The highest BCUT2D eigenvalue weighted by Gasteiger charge is 2.44. The minimum absolute atomic E-state index is 0.116. The van der Waals surface area contributed by atoms with Crippen LogP contribution in [-0.4, -0.2) is 25.1 Å². The molecule has 0 saturated heterocycles. The van der Waals surface area contributed by atoms with E-state index in [9.17, 15) is 8.42 Å². The Morgan fingerprint density at radius 3 is 2.50 bits per heavy atom. The predicted octanol–water partition coefficient (Wildman–Crippen LogP) is 2.19. The van der Waals surface area contributed by atoms with Crippen LogP contribution in [-0.2, 0) is 10.0 Å². The van der Waals surface area contributed by atoms with E-state index in [4.69, 9.17) is 0 Å². The van der Waals surface area contributed by atoms with Crippen molar-refractivity contribution in [2.24, 2.45) is 4.99 Å². The number of fused-ring (bicyclic) bond motifs is 3. The molecule has 0 saturated carbocycles. The van der Waals surface area contributed by atoms with Gasteiger partial charge in [-0.05, 0) is 17.7 Å². The van der Waals surface area contributed by atoms with Gasteiger partial charge in [0.05, 0.1) is 17.5 Å². The number of benzene rings is 2. The smallest absolute Gasteiger partial charge is 0.257 e. The van der Waals surface area contributed by atoms with Crippen molar-refractivity contribution in [3.05, 3.63) is 65.7 Å². The van der Waals surface area contributed by atoms with Gasteiger partial charge in [0.25, 0.3) is 10.0 Å². The SMILES string of the molecule is O=S1(=O)c2ccccc2C2=NC(c3ccccc3)CN21. The molecule has 2 aromatic rings. The lowest BCUT2D eigenvalue weighted by Crippen LogP contribution is -2.28. The monoisotopic (exact) mass is 284 g/mol. The topological polar surface area (TPSA) is 49.7 Å². The highest BCUT2D eigenvalue weighted by molar-refractivity contribution is 7.90. The molecule has 0 bridgehead atoms. The van der Waals surface area contributed by atoms with Crippen LogP contribution in [0.2, 0.25) is 0 Å². The Hall–Kier alpha value is -2.14. The average Bonchev–Trinajstić information content (AvgIpc) is 3.01. The van der Waals surface area contributed by atoms with Crippen molar-refractivity contribution in [3.8, 4) is 0 Å². The molecular weight excluding hydrogens is 272 g/mol. The first-order valence-electron chi connectivity index (χ1n) is 6.43. The van der Waals surface area contributed by atoms with E-state index in [0.717, 1.165) is 5.56 Å². The van der Waals surface area contributed by atoms with Crippen LogP contribution in [0.3, 0.4) is 0 Å². The van der Waals surface area contributed by atoms with Crippen molar-refractivity contribution >= 4 is 15.9 Å². The standard InChI is InChI=1S/C15H12N2O2S/c18-20(19)14-9-5-4-8-12(14)15-16-13(10-17(15)20)11-6-2-1-3-7-11/h1-9,13H,10H2. The first-order chi connectivity index (χ1) is 9.68. The number of aliphatic imine (C=N–C) groups is 1. The second-order valence-electron chi connectivity index (χ2n) is 4.91. The molecule has 2 aromatic carbocycles. The molecule has 4 rings (SSSR count). The summed E-state index contributed by atoms with van der Waals surface area (Å²) in [6.45, 7) is 0.385. The molecule has 100 valence electrons.